The zero-order valence-corrected chi connectivity index (χ0v) is 10.6. The number of rotatable bonds is 3. The van der Waals surface area contributed by atoms with Crippen LogP contribution in [0.25, 0.3) is 0 Å². The molecule has 0 radical (unpaired) electrons. The molecule has 1 N–H and O–H groups in total. The molecule has 0 bridgehead atoms. The summed E-state index contributed by atoms with van der Waals surface area (Å²) in [6, 6.07) is 0. The number of pyridine rings is 1. The van der Waals surface area contributed by atoms with Crippen molar-refractivity contribution in [1.29, 1.82) is 0 Å². The molecule has 0 aliphatic rings. The molecule has 1 aromatic rings. The fourth-order valence-corrected chi connectivity index (χ4v) is 1.96. The van der Waals surface area contributed by atoms with Crippen LogP contribution in [-0.4, -0.2) is 16.1 Å². The molecular weight excluding hydrogens is 376 g/mol. The summed E-state index contributed by atoms with van der Waals surface area (Å²) in [5.74, 6) is -1.50. The molecule has 0 amide bonds. The van der Waals surface area contributed by atoms with Crippen LogP contribution in [0.2, 0.25) is 0 Å². The molecule has 1 rings (SSSR count). The largest absolute Gasteiger partial charge is 0.481 e. The second-order valence-electron chi connectivity index (χ2n) is 3.22. The van der Waals surface area contributed by atoms with Gasteiger partial charge in [0.05, 0.1) is 12.0 Å². The summed E-state index contributed by atoms with van der Waals surface area (Å²) >= 11 is 1.42. The summed E-state index contributed by atoms with van der Waals surface area (Å²) < 4.78 is 62.9. The number of hydrogen-bond acceptors (Lipinski definition) is 2. The number of hydrogen-bond donors (Lipinski definition) is 1. The van der Waals surface area contributed by atoms with E-state index in [1.165, 1.54) is 22.6 Å². The maximum absolute atomic E-state index is 12.7. The van der Waals surface area contributed by atoms with Crippen molar-refractivity contribution in [1.82, 2.24) is 4.98 Å². The van der Waals surface area contributed by atoms with E-state index in [9.17, 15) is 26.7 Å². The van der Waals surface area contributed by atoms with Crippen LogP contribution < -0.4 is 0 Å². The maximum Gasteiger partial charge on any atom is 0.418 e. The number of carbonyl (C=O) groups is 1. The van der Waals surface area contributed by atoms with Crippen LogP contribution in [0, 0.1) is 3.70 Å². The van der Waals surface area contributed by atoms with Crippen LogP contribution in [0.5, 0.6) is 0 Å². The molecule has 1 heterocycles. The minimum absolute atomic E-state index is 0.182. The number of halogens is 6. The van der Waals surface area contributed by atoms with Gasteiger partial charge in [-0.2, -0.15) is 13.2 Å². The fraction of sp³-hybridized carbons (Fsp3) is 0.333. The minimum Gasteiger partial charge on any atom is -0.481 e. The summed E-state index contributed by atoms with van der Waals surface area (Å²) in [6.07, 6.45) is -9.08. The van der Waals surface area contributed by atoms with Crippen molar-refractivity contribution >= 4 is 28.6 Å². The van der Waals surface area contributed by atoms with Gasteiger partial charge in [0.2, 0.25) is 0 Å². The first-order chi connectivity index (χ1) is 8.14. The first-order valence-electron chi connectivity index (χ1n) is 4.39. The Hall–Kier alpha value is -1.00. The first-order valence-corrected chi connectivity index (χ1v) is 5.47. The molecule has 0 spiro atoms. The second-order valence-corrected chi connectivity index (χ2v) is 4.25. The van der Waals surface area contributed by atoms with E-state index in [0.29, 0.717) is 0 Å². The van der Waals surface area contributed by atoms with Gasteiger partial charge < -0.3 is 5.11 Å². The quantitative estimate of drug-likeness (QED) is 0.497. The third kappa shape index (κ3) is 3.27. The lowest BCUT2D eigenvalue weighted by Gasteiger charge is -2.16. The monoisotopic (exact) mass is 381 g/mol. The van der Waals surface area contributed by atoms with E-state index in [1.54, 1.807) is 0 Å². The number of aliphatic carboxylic acids is 1. The lowest BCUT2D eigenvalue weighted by atomic mass is 10.0. The Balaban J connectivity index is 3.52. The zero-order chi connectivity index (χ0) is 14.1. The molecule has 0 atom stereocenters. The van der Waals surface area contributed by atoms with Gasteiger partial charge in [-0.1, -0.05) is 0 Å². The van der Waals surface area contributed by atoms with Gasteiger partial charge >= 0.3 is 12.1 Å². The van der Waals surface area contributed by atoms with Crippen LogP contribution in [-0.2, 0) is 17.4 Å². The van der Waals surface area contributed by atoms with Gasteiger partial charge in [0.25, 0.3) is 6.43 Å². The van der Waals surface area contributed by atoms with Crippen molar-refractivity contribution in [2.75, 3.05) is 0 Å². The molecule has 0 aliphatic heterocycles. The zero-order valence-electron chi connectivity index (χ0n) is 8.43. The van der Waals surface area contributed by atoms with Crippen LogP contribution >= 0.6 is 22.6 Å². The number of aromatic nitrogens is 1. The van der Waals surface area contributed by atoms with Gasteiger partial charge in [-0.05, 0) is 22.6 Å². The van der Waals surface area contributed by atoms with E-state index in [1.807, 2.05) is 0 Å². The van der Waals surface area contributed by atoms with Gasteiger partial charge in [-0.15, -0.1) is 0 Å². The van der Waals surface area contributed by atoms with Crippen LogP contribution in [0.1, 0.15) is 23.1 Å². The highest BCUT2D eigenvalue weighted by atomic mass is 127. The Morgan fingerprint density at radius 2 is 2.00 bits per heavy atom. The number of carboxylic acids is 1. The summed E-state index contributed by atoms with van der Waals surface area (Å²) in [5, 5.41) is 8.53. The third-order valence-corrected chi connectivity index (χ3v) is 2.95. The SMILES string of the molecule is O=C(O)Cc1c(I)ncc(C(F)(F)F)c1C(F)F. The number of alkyl halides is 5. The third-order valence-electron chi connectivity index (χ3n) is 2.02. The highest BCUT2D eigenvalue weighted by Crippen LogP contribution is 2.38. The standard InChI is InChI=1S/C9H5F5INO2/c10-7(11)6-3(1-5(17)18)8(15)16-2-4(6)9(12,13)14/h2,7H,1H2,(H,17,18). The second kappa shape index (κ2) is 5.33. The average molecular weight is 381 g/mol. The average Bonchev–Trinajstić information content (AvgIpc) is 2.17. The molecule has 0 aromatic carbocycles. The predicted octanol–water partition coefficient (Wildman–Crippen LogP) is 3.27. The Morgan fingerprint density at radius 1 is 1.44 bits per heavy atom. The van der Waals surface area contributed by atoms with Gasteiger partial charge in [-0.3, -0.25) is 4.79 Å². The Morgan fingerprint density at radius 3 is 2.39 bits per heavy atom. The summed E-state index contributed by atoms with van der Waals surface area (Å²) in [7, 11) is 0. The smallest absolute Gasteiger partial charge is 0.418 e. The van der Waals surface area contributed by atoms with Crippen LogP contribution in [0.4, 0.5) is 22.0 Å². The van der Waals surface area contributed by atoms with Crippen molar-refractivity contribution in [3.63, 3.8) is 0 Å². The fourth-order valence-electron chi connectivity index (χ4n) is 1.34. The molecule has 0 saturated heterocycles. The van der Waals surface area contributed by atoms with E-state index < -0.39 is 41.7 Å². The molecule has 3 nitrogen and oxygen atoms in total. The summed E-state index contributed by atoms with van der Waals surface area (Å²) in [4.78, 5) is 13.8. The van der Waals surface area contributed by atoms with Gasteiger partial charge in [0.15, 0.2) is 0 Å². The molecule has 1 aromatic heterocycles. The number of nitrogens with zero attached hydrogens (tertiary/aromatic N) is 1. The van der Waals surface area contributed by atoms with E-state index in [2.05, 4.69) is 4.98 Å². The summed E-state index contributed by atoms with van der Waals surface area (Å²) in [6.45, 7) is 0. The van der Waals surface area contributed by atoms with Gasteiger partial charge in [-0.25, -0.2) is 13.8 Å². The summed E-state index contributed by atoms with van der Waals surface area (Å²) in [5.41, 5.74) is -3.52. The highest BCUT2D eigenvalue weighted by Gasteiger charge is 2.38. The normalized spacial score (nSPS) is 11.9. The van der Waals surface area contributed by atoms with E-state index >= 15 is 0 Å². The van der Waals surface area contributed by atoms with Crippen molar-refractivity contribution in [3.05, 3.63) is 26.6 Å². The minimum atomic E-state index is -5.00. The lowest BCUT2D eigenvalue weighted by molar-refractivity contribution is -0.140. The number of carboxylic acid groups (broad SMARTS) is 1. The molecule has 100 valence electrons. The van der Waals surface area contributed by atoms with E-state index in [4.69, 9.17) is 5.11 Å². The predicted molar refractivity (Wildman–Crippen MR) is 58.3 cm³/mol. The van der Waals surface area contributed by atoms with Crippen molar-refractivity contribution in [3.8, 4) is 0 Å². The Kier molecular flexibility index (Phi) is 4.46. The Labute approximate surface area is 111 Å². The highest BCUT2D eigenvalue weighted by molar-refractivity contribution is 14.1. The molecule has 18 heavy (non-hydrogen) atoms. The lowest BCUT2D eigenvalue weighted by Crippen LogP contribution is -2.16. The molecule has 0 aliphatic carbocycles. The van der Waals surface area contributed by atoms with Crippen LogP contribution in [0.3, 0.4) is 0 Å². The van der Waals surface area contributed by atoms with Crippen molar-refractivity contribution in [2.45, 2.75) is 19.0 Å². The molecule has 0 unspecified atom stereocenters. The molecule has 9 heteroatoms. The van der Waals surface area contributed by atoms with Gasteiger partial charge in [0.1, 0.15) is 3.70 Å². The molecular formula is C9H5F5INO2. The van der Waals surface area contributed by atoms with Crippen molar-refractivity contribution in [2.24, 2.45) is 0 Å². The maximum atomic E-state index is 12.7. The first kappa shape index (κ1) is 15.1. The van der Waals surface area contributed by atoms with E-state index in [-0.39, 0.29) is 9.90 Å². The Bertz CT molecular complexity index is 475. The molecule has 0 fully saturated rings. The van der Waals surface area contributed by atoms with Crippen LogP contribution in [0.15, 0.2) is 6.20 Å². The molecule has 0 saturated carbocycles. The van der Waals surface area contributed by atoms with E-state index in [0.717, 1.165) is 0 Å². The van der Waals surface area contributed by atoms with Gasteiger partial charge in [0, 0.05) is 17.3 Å². The van der Waals surface area contributed by atoms with Crippen molar-refractivity contribution < 1.29 is 31.9 Å². The topological polar surface area (TPSA) is 50.2 Å².